The molecule has 3 aromatic rings. The van der Waals surface area contributed by atoms with Gasteiger partial charge < -0.3 is 4.90 Å². The van der Waals surface area contributed by atoms with E-state index in [1.807, 2.05) is 50.2 Å². The fourth-order valence-corrected chi connectivity index (χ4v) is 6.95. The second kappa shape index (κ2) is 7.56. The number of carbonyl (C=O) groups excluding carboxylic acids is 2. The third-order valence-electron chi connectivity index (χ3n) is 6.45. The monoisotopic (exact) mass is 460 g/mol. The molecule has 1 saturated heterocycles. The predicted octanol–water partition coefficient (Wildman–Crippen LogP) is 3.72. The van der Waals surface area contributed by atoms with E-state index in [0.717, 1.165) is 23.1 Å². The fourth-order valence-electron chi connectivity index (χ4n) is 4.92. The van der Waals surface area contributed by atoms with Gasteiger partial charge in [-0.05, 0) is 42.7 Å². The van der Waals surface area contributed by atoms with Crippen LogP contribution in [0.1, 0.15) is 29.2 Å². The van der Waals surface area contributed by atoms with Crippen LogP contribution in [0.25, 0.3) is 0 Å². The molecule has 1 atom stereocenters. The number of benzene rings is 3. The molecule has 0 radical (unpaired) electrons. The maximum atomic E-state index is 14.1. The lowest BCUT2D eigenvalue weighted by Crippen LogP contribution is -2.54. The largest absolute Gasteiger partial charge is 0.304 e. The summed E-state index contributed by atoms with van der Waals surface area (Å²) in [5.41, 5.74) is 4.23. The average molecular weight is 461 g/mol. The predicted molar refractivity (Wildman–Crippen MR) is 128 cm³/mol. The summed E-state index contributed by atoms with van der Waals surface area (Å²) >= 11 is 0. The summed E-state index contributed by atoms with van der Waals surface area (Å²) in [4.78, 5) is 27.8. The first-order chi connectivity index (χ1) is 15.8. The first-order valence-electron chi connectivity index (χ1n) is 10.9. The highest BCUT2D eigenvalue weighted by Crippen LogP contribution is 2.52. The lowest BCUT2D eigenvalue weighted by Gasteiger charge is -2.32. The summed E-state index contributed by atoms with van der Waals surface area (Å²) in [5, 5.41) is 0. The van der Waals surface area contributed by atoms with Crippen molar-refractivity contribution in [3.63, 3.8) is 0 Å². The number of hydrogen-bond donors (Lipinski definition) is 0. The number of amides is 2. The maximum Gasteiger partial charge on any atom is 0.274 e. The van der Waals surface area contributed by atoms with Crippen molar-refractivity contribution in [3.05, 3.63) is 95.1 Å². The summed E-state index contributed by atoms with van der Waals surface area (Å²) in [6.45, 7) is 4.19. The first-order valence-corrected chi connectivity index (χ1v) is 12.6. The summed E-state index contributed by atoms with van der Waals surface area (Å²) in [7, 11) is -4.16. The highest BCUT2D eigenvalue weighted by atomic mass is 32.2. The Balaban J connectivity index is 1.71. The SMILES string of the molecule is CCc1ccc(N2C(=O)CS(=O)(=O)C23C(=O)N(Cc2cccc(C)c2)c2ccccc23)cc1. The van der Waals surface area contributed by atoms with Crippen molar-refractivity contribution in [3.8, 4) is 0 Å². The minimum atomic E-state index is -4.16. The molecule has 0 saturated carbocycles. The van der Waals surface area contributed by atoms with Crippen molar-refractivity contribution < 1.29 is 18.0 Å². The van der Waals surface area contributed by atoms with Crippen LogP contribution in [0.5, 0.6) is 0 Å². The fraction of sp³-hybridized carbons (Fsp3) is 0.231. The average Bonchev–Trinajstić information content (AvgIpc) is 3.17. The lowest BCUT2D eigenvalue weighted by atomic mass is 10.0. The quantitative estimate of drug-likeness (QED) is 0.595. The minimum Gasteiger partial charge on any atom is -0.304 e. The molecule has 0 N–H and O–H groups in total. The summed E-state index contributed by atoms with van der Waals surface area (Å²) in [5.74, 6) is -1.92. The van der Waals surface area contributed by atoms with Gasteiger partial charge in [-0.1, -0.05) is 67.1 Å². The van der Waals surface area contributed by atoms with Gasteiger partial charge in [0.1, 0.15) is 5.75 Å². The van der Waals surface area contributed by atoms with E-state index in [-0.39, 0.29) is 6.54 Å². The molecule has 2 aliphatic rings. The van der Waals surface area contributed by atoms with E-state index >= 15 is 0 Å². The number of para-hydroxylation sites is 1. The number of anilines is 2. The first kappa shape index (κ1) is 21.4. The van der Waals surface area contributed by atoms with Crippen LogP contribution in [0, 0.1) is 6.92 Å². The second-order valence-electron chi connectivity index (χ2n) is 8.55. The molecule has 2 aliphatic heterocycles. The zero-order valence-corrected chi connectivity index (χ0v) is 19.3. The summed E-state index contributed by atoms with van der Waals surface area (Å²) < 4.78 is 27.2. The van der Waals surface area contributed by atoms with E-state index in [0.29, 0.717) is 16.9 Å². The van der Waals surface area contributed by atoms with Crippen molar-refractivity contribution in [1.29, 1.82) is 0 Å². The molecule has 2 heterocycles. The Kier molecular flexibility index (Phi) is 4.90. The van der Waals surface area contributed by atoms with Crippen molar-refractivity contribution in [2.75, 3.05) is 15.6 Å². The Hall–Kier alpha value is -3.45. The van der Waals surface area contributed by atoms with Crippen LogP contribution in [0.2, 0.25) is 0 Å². The highest BCUT2D eigenvalue weighted by Gasteiger charge is 2.69. The zero-order valence-electron chi connectivity index (χ0n) is 18.5. The van der Waals surface area contributed by atoms with Gasteiger partial charge in [0.05, 0.1) is 12.2 Å². The normalized spacial score (nSPS) is 21.2. The van der Waals surface area contributed by atoms with Crippen LogP contribution in [0.4, 0.5) is 11.4 Å². The van der Waals surface area contributed by atoms with E-state index < -0.39 is 32.3 Å². The molecular formula is C26H24N2O4S. The van der Waals surface area contributed by atoms with Crippen LogP contribution >= 0.6 is 0 Å². The van der Waals surface area contributed by atoms with Crippen LogP contribution in [0.15, 0.2) is 72.8 Å². The molecule has 0 bridgehead atoms. The minimum absolute atomic E-state index is 0.214. The van der Waals surface area contributed by atoms with E-state index in [1.54, 1.807) is 36.4 Å². The van der Waals surface area contributed by atoms with E-state index in [1.165, 1.54) is 9.80 Å². The Morgan fingerprint density at radius 3 is 2.33 bits per heavy atom. The molecule has 1 fully saturated rings. The van der Waals surface area contributed by atoms with E-state index in [4.69, 9.17) is 0 Å². The summed E-state index contributed by atoms with van der Waals surface area (Å²) in [6, 6.07) is 21.8. The molecule has 7 heteroatoms. The van der Waals surface area contributed by atoms with Crippen LogP contribution in [0.3, 0.4) is 0 Å². The molecule has 3 aromatic carbocycles. The van der Waals surface area contributed by atoms with Gasteiger partial charge in [0.15, 0.2) is 9.84 Å². The molecule has 2 amide bonds. The Labute approximate surface area is 193 Å². The molecule has 33 heavy (non-hydrogen) atoms. The van der Waals surface area contributed by atoms with E-state index in [2.05, 4.69) is 0 Å². The highest BCUT2D eigenvalue weighted by molar-refractivity contribution is 7.94. The number of fused-ring (bicyclic) bond motifs is 2. The van der Waals surface area contributed by atoms with Crippen LogP contribution in [-0.4, -0.2) is 26.0 Å². The third kappa shape index (κ3) is 3.03. The van der Waals surface area contributed by atoms with Crippen molar-refractivity contribution in [2.24, 2.45) is 0 Å². The van der Waals surface area contributed by atoms with Crippen molar-refractivity contribution in [2.45, 2.75) is 31.7 Å². The van der Waals surface area contributed by atoms with E-state index in [9.17, 15) is 18.0 Å². The van der Waals surface area contributed by atoms with Crippen LogP contribution in [-0.2, 0) is 37.3 Å². The smallest absolute Gasteiger partial charge is 0.274 e. The molecule has 1 spiro atoms. The Morgan fingerprint density at radius 1 is 0.909 bits per heavy atom. The van der Waals surface area contributed by atoms with Crippen LogP contribution < -0.4 is 9.80 Å². The summed E-state index contributed by atoms with van der Waals surface area (Å²) in [6.07, 6.45) is 0.809. The number of aryl methyl sites for hydroxylation is 2. The zero-order chi connectivity index (χ0) is 23.4. The van der Waals surface area contributed by atoms with Gasteiger partial charge in [0.2, 0.25) is 5.91 Å². The van der Waals surface area contributed by atoms with Gasteiger partial charge >= 0.3 is 0 Å². The number of rotatable bonds is 4. The topological polar surface area (TPSA) is 74.8 Å². The maximum absolute atomic E-state index is 14.1. The lowest BCUT2D eigenvalue weighted by molar-refractivity contribution is -0.123. The number of sulfone groups is 1. The molecule has 5 rings (SSSR count). The Morgan fingerprint density at radius 2 is 1.64 bits per heavy atom. The number of nitrogens with zero attached hydrogens (tertiary/aromatic N) is 2. The molecular weight excluding hydrogens is 436 g/mol. The molecule has 168 valence electrons. The second-order valence-corrected chi connectivity index (χ2v) is 10.7. The Bertz CT molecular complexity index is 1380. The number of hydrogen-bond acceptors (Lipinski definition) is 4. The van der Waals surface area contributed by atoms with Gasteiger partial charge in [-0.25, -0.2) is 8.42 Å². The standard InChI is InChI=1S/C26H24N2O4S/c1-3-19-11-13-21(14-12-19)28-24(29)17-33(31,32)26(28)22-9-4-5-10-23(22)27(25(26)30)16-20-8-6-7-18(2)15-20/h4-15H,3,16-17H2,1-2H3. The molecule has 0 aliphatic carbocycles. The van der Waals surface area contributed by atoms with Gasteiger partial charge in [-0.15, -0.1) is 0 Å². The van der Waals surface area contributed by atoms with Gasteiger partial charge in [-0.2, -0.15) is 0 Å². The van der Waals surface area contributed by atoms with Gasteiger partial charge in [-0.3, -0.25) is 14.5 Å². The third-order valence-corrected chi connectivity index (χ3v) is 8.55. The van der Waals surface area contributed by atoms with Crippen molar-refractivity contribution in [1.82, 2.24) is 0 Å². The number of carbonyl (C=O) groups is 2. The van der Waals surface area contributed by atoms with Crippen molar-refractivity contribution >= 4 is 33.0 Å². The molecule has 1 unspecified atom stereocenters. The van der Waals surface area contributed by atoms with Gasteiger partial charge in [0.25, 0.3) is 10.8 Å². The van der Waals surface area contributed by atoms with Gasteiger partial charge in [0, 0.05) is 11.3 Å². The molecule has 6 nitrogen and oxygen atoms in total. The molecule has 0 aromatic heterocycles.